The van der Waals surface area contributed by atoms with Gasteiger partial charge in [0.05, 0.1) is 0 Å². The number of nitrogens with two attached hydrogens (primary N) is 1. The molecule has 1 aliphatic heterocycles. The standard InChI is InChI=1S/C15H28N2O.ClH/c1-12(16)14-7-9-17(10-8-14)15(18)11-13-5-3-2-4-6-13;/h12-14H,2-11,16H2,1H3;1H. The number of carbonyl (C=O) groups is 1. The van der Waals surface area contributed by atoms with Crippen molar-refractivity contribution in [3.63, 3.8) is 0 Å². The molecule has 2 rings (SSSR count). The van der Waals surface area contributed by atoms with Crippen LogP contribution < -0.4 is 5.73 Å². The summed E-state index contributed by atoms with van der Waals surface area (Å²) in [6.45, 7) is 3.94. The number of amides is 1. The fourth-order valence-corrected chi connectivity index (χ4v) is 3.44. The molecular formula is C15H29ClN2O. The maximum atomic E-state index is 12.2. The lowest BCUT2D eigenvalue weighted by molar-refractivity contribution is -0.133. The lowest BCUT2D eigenvalue weighted by atomic mass is 9.86. The Morgan fingerprint density at radius 3 is 2.26 bits per heavy atom. The number of hydrogen-bond acceptors (Lipinski definition) is 2. The molecule has 4 heteroatoms. The van der Waals surface area contributed by atoms with Gasteiger partial charge >= 0.3 is 0 Å². The third-order valence-electron chi connectivity index (χ3n) is 4.82. The molecule has 0 aromatic carbocycles. The van der Waals surface area contributed by atoms with Gasteiger partial charge in [0.15, 0.2) is 0 Å². The van der Waals surface area contributed by atoms with E-state index in [1.54, 1.807) is 0 Å². The Balaban J connectivity index is 0.00000180. The number of halogens is 1. The van der Waals surface area contributed by atoms with Crippen LogP contribution in [0.3, 0.4) is 0 Å². The van der Waals surface area contributed by atoms with E-state index in [1.165, 1.54) is 32.1 Å². The SMILES string of the molecule is CC(N)C1CCN(C(=O)CC2CCCCC2)CC1.Cl. The zero-order valence-electron chi connectivity index (χ0n) is 12.1. The molecule has 1 unspecified atom stereocenters. The van der Waals surface area contributed by atoms with Crippen LogP contribution in [0.15, 0.2) is 0 Å². The first-order valence-corrected chi connectivity index (χ1v) is 7.70. The monoisotopic (exact) mass is 288 g/mol. The molecule has 1 amide bonds. The predicted octanol–water partition coefficient (Wildman–Crippen LogP) is 2.96. The summed E-state index contributed by atoms with van der Waals surface area (Å²) in [4.78, 5) is 14.3. The Kier molecular flexibility index (Phi) is 7.16. The Morgan fingerprint density at radius 2 is 1.74 bits per heavy atom. The van der Waals surface area contributed by atoms with Crippen molar-refractivity contribution in [2.45, 2.75) is 64.3 Å². The number of likely N-dealkylation sites (tertiary alicyclic amines) is 1. The van der Waals surface area contributed by atoms with E-state index in [1.807, 2.05) is 0 Å². The second-order valence-corrected chi connectivity index (χ2v) is 6.29. The van der Waals surface area contributed by atoms with Crippen molar-refractivity contribution in [3.8, 4) is 0 Å². The van der Waals surface area contributed by atoms with Gasteiger partial charge in [-0.3, -0.25) is 4.79 Å². The second-order valence-electron chi connectivity index (χ2n) is 6.29. The van der Waals surface area contributed by atoms with Crippen molar-refractivity contribution in [3.05, 3.63) is 0 Å². The molecule has 0 radical (unpaired) electrons. The van der Waals surface area contributed by atoms with Crippen LogP contribution in [0.25, 0.3) is 0 Å². The summed E-state index contributed by atoms with van der Waals surface area (Å²) in [5, 5.41) is 0. The van der Waals surface area contributed by atoms with E-state index < -0.39 is 0 Å². The maximum Gasteiger partial charge on any atom is 0.222 e. The second kappa shape index (κ2) is 8.11. The highest BCUT2D eigenvalue weighted by atomic mass is 35.5. The Hall–Kier alpha value is -0.280. The fraction of sp³-hybridized carbons (Fsp3) is 0.933. The molecule has 0 aromatic heterocycles. The van der Waals surface area contributed by atoms with Crippen molar-refractivity contribution in [2.24, 2.45) is 17.6 Å². The van der Waals surface area contributed by atoms with Crippen molar-refractivity contribution in [1.29, 1.82) is 0 Å². The van der Waals surface area contributed by atoms with Gasteiger partial charge in [0.1, 0.15) is 0 Å². The van der Waals surface area contributed by atoms with Crippen molar-refractivity contribution < 1.29 is 4.79 Å². The largest absolute Gasteiger partial charge is 0.343 e. The molecule has 1 heterocycles. The molecule has 2 fully saturated rings. The molecule has 0 bridgehead atoms. The number of hydrogen-bond donors (Lipinski definition) is 1. The van der Waals surface area contributed by atoms with E-state index in [9.17, 15) is 4.79 Å². The van der Waals surface area contributed by atoms with Gasteiger partial charge in [0.2, 0.25) is 5.91 Å². The molecule has 1 saturated heterocycles. The third kappa shape index (κ3) is 4.96. The molecule has 2 N–H and O–H groups in total. The van der Waals surface area contributed by atoms with Gasteiger partial charge in [-0.05, 0) is 44.4 Å². The highest BCUT2D eigenvalue weighted by Crippen LogP contribution is 2.28. The minimum Gasteiger partial charge on any atom is -0.343 e. The quantitative estimate of drug-likeness (QED) is 0.868. The van der Waals surface area contributed by atoms with E-state index in [0.717, 1.165) is 32.4 Å². The van der Waals surface area contributed by atoms with Gasteiger partial charge in [-0.15, -0.1) is 12.4 Å². The molecule has 0 aromatic rings. The summed E-state index contributed by atoms with van der Waals surface area (Å²) in [7, 11) is 0. The Morgan fingerprint density at radius 1 is 1.16 bits per heavy atom. The summed E-state index contributed by atoms with van der Waals surface area (Å²) in [5.74, 6) is 1.67. The molecule has 19 heavy (non-hydrogen) atoms. The summed E-state index contributed by atoms with van der Waals surface area (Å²) in [5.41, 5.74) is 5.93. The molecule has 1 saturated carbocycles. The first kappa shape index (κ1) is 16.8. The van der Waals surface area contributed by atoms with E-state index in [-0.39, 0.29) is 18.4 Å². The van der Waals surface area contributed by atoms with E-state index >= 15 is 0 Å². The first-order valence-electron chi connectivity index (χ1n) is 7.70. The smallest absolute Gasteiger partial charge is 0.222 e. The van der Waals surface area contributed by atoms with E-state index in [0.29, 0.717) is 17.7 Å². The predicted molar refractivity (Wildman–Crippen MR) is 81.4 cm³/mol. The summed E-state index contributed by atoms with van der Waals surface area (Å²) < 4.78 is 0. The molecule has 3 nitrogen and oxygen atoms in total. The third-order valence-corrected chi connectivity index (χ3v) is 4.82. The Labute approximate surface area is 123 Å². The molecule has 1 atom stereocenters. The van der Waals surface area contributed by atoms with Crippen molar-refractivity contribution in [1.82, 2.24) is 4.90 Å². The van der Waals surface area contributed by atoms with Crippen molar-refractivity contribution >= 4 is 18.3 Å². The highest BCUT2D eigenvalue weighted by molar-refractivity contribution is 5.85. The van der Waals surface area contributed by atoms with Crippen LogP contribution in [-0.4, -0.2) is 29.9 Å². The minimum absolute atomic E-state index is 0. The maximum absolute atomic E-state index is 12.2. The van der Waals surface area contributed by atoms with Crippen LogP contribution in [0, 0.1) is 11.8 Å². The lowest BCUT2D eigenvalue weighted by Gasteiger charge is -2.34. The van der Waals surface area contributed by atoms with Gasteiger partial charge in [-0.2, -0.15) is 0 Å². The summed E-state index contributed by atoms with van der Waals surface area (Å²) >= 11 is 0. The van der Waals surface area contributed by atoms with Crippen LogP contribution in [0.4, 0.5) is 0 Å². The van der Waals surface area contributed by atoms with Crippen LogP contribution in [0.2, 0.25) is 0 Å². The zero-order chi connectivity index (χ0) is 13.0. The lowest BCUT2D eigenvalue weighted by Crippen LogP contribution is -2.43. The van der Waals surface area contributed by atoms with Gasteiger partial charge < -0.3 is 10.6 Å². The van der Waals surface area contributed by atoms with Crippen LogP contribution in [0.1, 0.15) is 58.3 Å². The molecule has 1 aliphatic carbocycles. The molecule has 0 spiro atoms. The number of piperidine rings is 1. The van der Waals surface area contributed by atoms with Gasteiger partial charge in [0.25, 0.3) is 0 Å². The summed E-state index contributed by atoms with van der Waals surface area (Å²) in [6, 6.07) is 0.278. The Bertz CT molecular complexity index is 269. The number of rotatable bonds is 3. The minimum atomic E-state index is 0. The van der Waals surface area contributed by atoms with Crippen LogP contribution in [-0.2, 0) is 4.79 Å². The van der Waals surface area contributed by atoms with Gasteiger partial charge in [-0.25, -0.2) is 0 Å². The van der Waals surface area contributed by atoms with E-state index in [4.69, 9.17) is 5.73 Å². The van der Waals surface area contributed by atoms with Crippen molar-refractivity contribution in [2.75, 3.05) is 13.1 Å². The average Bonchev–Trinajstić information content (AvgIpc) is 2.40. The number of carbonyl (C=O) groups excluding carboxylic acids is 1. The summed E-state index contributed by atoms with van der Waals surface area (Å²) in [6.07, 6.45) is 9.52. The van der Waals surface area contributed by atoms with Crippen LogP contribution >= 0.6 is 12.4 Å². The van der Waals surface area contributed by atoms with Gasteiger partial charge in [0, 0.05) is 25.6 Å². The molecular weight excluding hydrogens is 260 g/mol. The van der Waals surface area contributed by atoms with Crippen LogP contribution in [0.5, 0.6) is 0 Å². The number of nitrogens with zero attached hydrogens (tertiary/aromatic N) is 1. The fourth-order valence-electron chi connectivity index (χ4n) is 3.44. The normalized spacial score (nSPS) is 23.8. The average molecular weight is 289 g/mol. The zero-order valence-corrected chi connectivity index (χ0v) is 13.0. The van der Waals surface area contributed by atoms with Gasteiger partial charge in [-0.1, -0.05) is 19.3 Å². The highest BCUT2D eigenvalue weighted by Gasteiger charge is 2.26. The van der Waals surface area contributed by atoms with E-state index in [2.05, 4.69) is 11.8 Å². The molecule has 2 aliphatic rings. The topological polar surface area (TPSA) is 46.3 Å². The first-order chi connectivity index (χ1) is 8.66. The molecule has 112 valence electrons.